The highest BCUT2D eigenvalue weighted by molar-refractivity contribution is 9.10. The van der Waals surface area contributed by atoms with Crippen molar-refractivity contribution in [2.24, 2.45) is 0 Å². The van der Waals surface area contributed by atoms with Gasteiger partial charge in [0, 0.05) is 12.6 Å². The Bertz CT molecular complexity index is 622. The molecule has 2 aromatic rings. The first-order valence-corrected chi connectivity index (χ1v) is 6.46. The number of furan rings is 1. The van der Waals surface area contributed by atoms with Crippen LogP contribution in [-0.4, -0.2) is 17.1 Å². The predicted molar refractivity (Wildman–Crippen MR) is 75.7 cm³/mol. The Morgan fingerprint density at radius 2 is 1.85 bits per heavy atom. The third kappa shape index (κ3) is 3.86. The molecule has 0 aliphatic rings. The minimum atomic E-state index is -0.981. The van der Waals surface area contributed by atoms with Gasteiger partial charge in [0.2, 0.25) is 5.88 Å². The smallest absolute Gasteiger partial charge is 0.335 e. The molecule has 1 aromatic heterocycles. The van der Waals surface area contributed by atoms with Gasteiger partial charge in [0.15, 0.2) is 4.67 Å². The number of carbonyl (C=O) groups is 2. The lowest BCUT2D eigenvalue weighted by Crippen LogP contribution is -2.27. The maximum absolute atomic E-state index is 11.6. The third-order valence-electron chi connectivity index (χ3n) is 2.46. The maximum atomic E-state index is 11.6. The normalized spacial score (nSPS) is 10.1. The van der Waals surface area contributed by atoms with Crippen molar-refractivity contribution in [1.82, 2.24) is 5.32 Å². The quantitative estimate of drug-likeness (QED) is 0.798. The first kappa shape index (κ1) is 14.1. The van der Waals surface area contributed by atoms with Crippen molar-refractivity contribution in [3.63, 3.8) is 0 Å². The van der Waals surface area contributed by atoms with Crippen molar-refractivity contribution < 1.29 is 19.1 Å². The van der Waals surface area contributed by atoms with Crippen LogP contribution in [0.15, 0.2) is 45.5 Å². The van der Waals surface area contributed by atoms with E-state index in [9.17, 15) is 9.59 Å². The fourth-order valence-corrected chi connectivity index (χ4v) is 1.79. The summed E-state index contributed by atoms with van der Waals surface area (Å²) in [6, 6.07) is 9.14. The van der Waals surface area contributed by atoms with E-state index in [2.05, 4.69) is 26.6 Å². The molecule has 2 amide bonds. The van der Waals surface area contributed by atoms with Gasteiger partial charge in [-0.25, -0.2) is 9.59 Å². The minimum Gasteiger partial charge on any atom is -0.478 e. The molecule has 0 aliphatic heterocycles. The van der Waals surface area contributed by atoms with Crippen molar-refractivity contribution >= 4 is 33.8 Å². The lowest BCUT2D eigenvalue weighted by atomic mass is 10.1. The van der Waals surface area contributed by atoms with Gasteiger partial charge in [-0.15, -0.1) is 0 Å². The van der Waals surface area contributed by atoms with E-state index < -0.39 is 12.0 Å². The van der Waals surface area contributed by atoms with Crippen molar-refractivity contribution in [2.75, 3.05) is 5.32 Å². The Balaban J connectivity index is 1.85. The molecule has 1 aromatic carbocycles. The molecule has 0 unspecified atom stereocenters. The Morgan fingerprint density at radius 1 is 1.15 bits per heavy atom. The third-order valence-corrected chi connectivity index (χ3v) is 2.89. The number of halogens is 1. The zero-order valence-corrected chi connectivity index (χ0v) is 11.8. The monoisotopic (exact) mass is 338 g/mol. The summed E-state index contributed by atoms with van der Waals surface area (Å²) >= 11 is 3.13. The number of carbonyl (C=O) groups excluding carboxylic acids is 1. The van der Waals surface area contributed by atoms with Crippen LogP contribution in [0.5, 0.6) is 0 Å². The molecular weight excluding hydrogens is 328 g/mol. The second kappa shape index (κ2) is 6.25. The molecular formula is C13H11BrN2O4. The molecule has 2 rings (SSSR count). The van der Waals surface area contributed by atoms with E-state index in [4.69, 9.17) is 9.52 Å². The van der Waals surface area contributed by atoms with Gasteiger partial charge in [-0.05, 0) is 39.7 Å². The van der Waals surface area contributed by atoms with Gasteiger partial charge in [-0.3, -0.25) is 5.32 Å². The van der Waals surface area contributed by atoms with E-state index in [1.165, 1.54) is 12.1 Å². The highest BCUT2D eigenvalue weighted by atomic mass is 79.9. The summed E-state index contributed by atoms with van der Waals surface area (Å²) in [5.41, 5.74) is 1.00. The molecule has 3 N–H and O–H groups in total. The lowest BCUT2D eigenvalue weighted by Gasteiger charge is -2.06. The molecule has 6 nitrogen and oxygen atoms in total. The van der Waals surface area contributed by atoms with E-state index in [1.54, 1.807) is 24.3 Å². The first-order valence-electron chi connectivity index (χ1n) is 5.67. The van der Waals surface area contributed by atoms with Crippen molar-refractivity contribution in [3.8, 4) is 0 Å². The minimum absolute atomic E-state index is 0.207. The van der Waals surface area contributed by atoms with E-state index in [0.29, 0.717) is 10.6 Å². The molecule has 0 atom stereocenters. The number of benzene rings is 1. The molecule has 0 aliphatic carbocycles. The number of aromatic carboxylic acids is 1. The van der Waals surface area contributed by atoms with Gasteiger partial charge >= 0.3 is 12.0 Å². The Labute approximate surface area is 122 Å². The SMILES string of the molecule is O=C(NCc1ccc(C(=O)O)cc1)Nc1ccc(Br)o1. The summed E-state index contributed by atoms with van der Waals surface area (Å²) in [6.07, 6.45) is 0. The van der Waals surface area contributed by atoms with E-state index in [-0.39, 0.29) is 12.1 Å². The summed E-state index contributed by atoms with van der Waals surface area (Å²) in [6.45, 7) is 0.285. The number of carboxylic acids is 1. The van der Waals surface area contributed by atoms with Gasteiger partial charge < -0.3 is 14.8 Å². The molecule has 0 fully saturated rings. The highest BCUT2D eigenvalue weighted by Gasteiger charge is 2.06. The number of carboxylic acid groups (broad SMARTS) is 1. The maximum Gasteiger partial charge on any atom is 0.335 e. The van der Waals surface area contributed by atoms with Crippen molar-refractivity contribution in [2.45, 2.75) is 6.54 Å². The van der Waals surface area contributed by atoms with Gasteiger partial charge in [0.25, 0.3) is 0 Å². The van der Waals surface area contributed by atoms with Gasteiger partial charge in [-0.1, -0.05) is 12.1 Å². The van der Waals surface area contributed by atoms with Crippen LogP contribution in [0.2, 0.25) is 0 Å². The highest BCUT2D eigenvalue weighted by Crippen LogP contribution is 2.17. The van der Waals surface area contributed by atoms with Crippen molar-refractivity contribution in [3.05, 3.63) is 52.2 Å². The van der Waals surface area contributed by atoms with Crippen LogP contribution in [0.4, 0.5) is 10.7 Å². The summed E-state index contributed by atoms with van der Waals surface area (Å²) in [7, 11) is 0. The topological polar surface area (TPSA) is 91.6 Å². The van der Waals surface area contributed by atoms with E-state index in [1.807, 2.05) is 0 Å². The second-order valence-electron chi connectivity index (χ2n) is 3.91. The molecule has 104 valence electrons. The number of hydrogen-bond donors (Lipinski definition) is 3. The van der Waals surface area contributed by atoms with Crippen LogP contribution >= 0.6 is 15.9 Å². The van der Waals surface area contributed by atoms with Crippen LogP contribution in [-0.2, 0) is 6.54 Å². The average Bonchev–Trinajstić information content (AvgIpc) is 2.82. The molecule has 7 heteroatoms. The van der Waals surface area contributed by atoms with E-state index in [0.717, 1.165) is 5.56 Å². The predicted octanol–water partition coefficient (Wildman–Crippen LogP) is 3.06. The Morgan fingerprint density at radius 3 is 2.40 bits per heavy atom. The Kier molecular flexibility index (Phi) is 4.41. The zero-order valence-electron chi connectivity index (χ0n) is 10.2. The summed E-state index contributed by atoms with van der Waals surface area (Å²) in [5, 5.41) is 13.9. The standard InChI is InChI=1S/C13H11BrN2O4/c14-10-5-6-11(20-10)16-13(19)15-7-8-1-3-9(4-2-8)12(17)18/h1-6H,7H2,(H,17,18)(H2,15,16,19). The zero-order chi connectivity index (χ0) is 14.5. The number of amides is 2. The largest absolute Gasteiger partial charge is 0.478 e. The van der Waals surface area contributed by atoms with Gasteiger partial charge in [0.1, 0.15) is 0 Å². The summed E-state index contributed by atoms with van der Waals surface area (Å²) in [4.78, 5) is 22.3. The van der Waals surface area contributed by atoms with Crippen LogP contribution < -0.4 is 10.6 Å². The molecule has 0 spiro atoms. The number of urea groups is 1. The Hall–Kier alpha value is -2.28. The second-order valence-corrected chi connectivity index (χ2v) is 4.70. The number of nitrogens with one attached hydrogen (secondary N) is 2. The molecule has 0 bridgehead atoms. The average molecular weight is 339 g/mol. The molecule has 0 radical (unpaired) electrons. The van der Waals surface area contributed by atoms with E-state index >= 15 is 0 Å². The van der Waals surface area contributed by atoms with Crippen LogP contribution in [0.25, 0.3) is 0 Å². The molecule has 0 saturated carbocycles. The molecule has 1 heterocycles. The van der Waals surface area contributed by atoms with Crippen LogP contribution in [0.1, 0.15) is 15.9 Å². The van der Waals surface area contributed by atoms with Gasteiger partial charge in [0.05, 0.1) is 5.56 Å². The van der Waals surface area contributed by atoms with Crippen molar-refractivity contribution in [1.29, 1.82) is 0 Å². The summed E-state index contributed by atoms with van der Waals surface area (Å²) < 4.78 is 5.65. The number of rotatable bonds is 4. The van der Waals surface area contributed by atoms with Crippen LogP contribution in [0, 0.1) is 0 Å². The molecule has 20 heavy (non-hydrogen) atoms. The fourth-order valence-electron chi connectivity index (χ4n) is 1.49. The molecule has 0 saturated heterocycles. The van der Waals surface area contributed by atoms with Gasteiger partial charge in [-0.2, -0.15) is 0 Å². The lowest BCUT2D eigenvalue weighted by molar-refractivity contribution is 0.0697. The number of anilines is 1. The summed E-state index contributed by atoms with van der Waals surface area (Å²) in [5.74, 6) is -0.652. The number of hydrogen-bond acceptors (Lipinski definition) is 3. The fraction of sp³-hybridized carbons (Fsp3) is 0.0769. The van der Waals surface area contributed by atoms with Crippen LogP contribution in [0.3, 0.4) is 0 Å². The first-order chi connectivity index (χ1) is 9.54.